The predicted octanol–water partition coefficient (Wildman–Crippen LogP) is 1.81. The molecule has 1 heterocycles. The van der Waals surface area contributed by atoms with Gasteiger partial charge >= 0.3 is 6.18 Å². The van der Waals surface area contributed by atoms with E-state index in [1.54, 1.807) is 6.07 Å². The topological polar surface area (TPSA) is 178 Å². The van der Waals surface area contributed by atoms with Crippen LogP contribution in [0.4, 0.5) is 18.9 Å². The molecular weight excluding hydrogens is 645 g/mol. The molecule has 0 fully saturated rings. The third-order valence-electron chi connectivity index (χ3n) is 8.14. The van der Waals surface area contributed by atoms with Crippen LogP contribution in [0.5, 0.6) is 0 Å². The number of carbonyl (C=O) groups is 3. The Morgan fingerprint density at radius 2 is 1.56 bits per heavy atom. The Hall–Kier alpha value is -3.76. The minimum absolute atomic E-state index is 0.0335. The Balaban J connectivity index is 1.85. The number of nitrogens with two attached hydrogens (primary N) is 3. The summed E-state index contributed by atoms with van der Waals surface area (Å²) >= 11 is 4.93. The van der Waals surface area contributed by atoms with Gasteiger partial charge in [-0.1, -0.05) is 36.4 Å². The van der Waals surface area contributed by atoms with Gasteiger partial charge in [-0.25, -0.2) is 0 Å². The summed E-state index contributed by atoms with van der Waals surface area (Å²) in [6.45, 7) is 2.85. The van der Waals surface area contributed by atoms with Gasteiger partial charge in [0, 0.05) is 18.5 Å². The summed E-state index contributed by atoms with van der Waals surface area (Å²) in [7, 11) is 2.01. The van der Waals surface area contributed by atoms with Crippen LogP contribution < -0.4 is 33.2 Å². The van der Waals surface area contributed by atoms with Crippen molar-refractivity contribution in [3.63, 3.8) is 0 Å². The van der Waals surface area contributed by atoms with Gasteiger partial charge in [0.25, 0.3) is 0 Å². The smallest absolute Gasteiger partial charge is 0.416 e. The molecule has 2 aromatic carbocycles. The van der Waals surface area contributed by atoms with E-state index in [4.69, 9.17) is 29.8 Å². The molecule has 11 nitrogen and oxygen atoms in total. The summed E-state index contributed by atoms with van der Waals surface area (Å²) < 4.78 is 40.7. The minimum atomic E-state index is -4.54. The first kappa shape index (κ1) is 38.7. The summed E-state index contributed by atoms with van der Waals surface area (Å²) in [4.78, 5) is 44.5. The van der Waals surface area contributed by atoms with Crippen LogP contribution in [-0.4, -0.2) is 90.8 Å². The molecule has 0 radical (unpaired) electrons. The van der Waals surface area contributed by atoms with Gasteiger partial charge in [-0.3, -0.25) is 19.4 Å². The van der Waals surface area contributed by atoms with Crippen molar-refractivity contribution in [2.45, 2.75) is 50.0 Å². The van der Waals surface area contributed by atoms with Crippen molar-refractivity contribution in [1.82, 2.24) is 15.6 Å². The fourth-order valence-corrected chi connectivity index (χ4v) is 5.53. The van der Waals surface area contributed by atoms with E-state index in [0.717, 1.165) is 17.5 Å². The maximum Gasteiger partial charge on any atom is 0.416 e. The van der Waals surface area contributed by atoms with Crippen molar-refractivity contribution in [1.29, 1.82) is 0 Å². The van der Waals surface area contributed by atoms with Crippen molar-refractivity contribution < 1.29 is 32.0 Å². The van der Waals surface area contributed by atoms with Crippen LogP contribution in [0.2, 0.25) is 0 Å². The standard InChI is InChI=1S/C33H45F3N8O3S/c1-44(16-13-37,17-14-38)15-5-10-28(42-30(45)26(39)21-48)32(47)43-29(12-11-22-6-4-8-24(18-22)33(34,35)36)31(46)41-25-19-23-7-2-3-9-27(23)40-20-25/h2-4,6-9,18-20,26,28-29H,5,10-17,21,37-39H2,1H3,(H3-,41,42,43,45,46,47,48)/t26-,28-,29-/m0/s1. The molecule has 15 heteroatoms. The van der Waals surface area contributed by atoms with Gasteiger partial charge in [0.2, 0.25) is 17.7 Å². The molecule has 0 bridgehead atoms. The molecule has 0 unspecified atom stereocenters. The number of benzene rings is 2. The summed E-state index contributed by atoms with van der Waals surface area (Å²) in [6.07, 6.45) is -2.34. The molecule has 0 aliphatic carbocycles. The Kier molecular flexibility index (Phi) is 14.6. The normalized spacial score (nSPS) is 13.8. The molecular formula is C33H45F3N8O3S. The number of alkyl halides is 3. The van der Waals surface area contributed by atoms with E-state index in [1.807, 2.05) is 31.3 Å². The number of carbonyl (C=O) groups excluding carboxylic acids is 3. The largest absolute Gasteiger partial charge is 0.791 e. The summed E-state index contributed by atoms with van der Waals surface area (Å²) in [5.41, 5.74) is 18.1. The number of aryl methyl sites for hydroxylation is 1. The Morgan fingerprint density at radius 3 is 2.23 bits per heavy atom. The van der Waals surface area contributed by atoms with E-state index in [1.165, 1.54) is 18.3 Å². The number of hydrogen-bond donors (Lipinski definition) is 6. The number of nitrogens with zero attached hydrogens (tertiary/aromatic N) is 2. The Bertz CT molecular complexity index is 1520. The zero-order valence-electron chi connectivity index (χ0n) is 27.0. The van der Waals surface area contributed by atoms with Gasteiger partial charge in [0.05, 0.1) is 55.7 Å². The number of quaternary nitrogens is 1. The molecule has 0 saturated carbocycles. The predicted molar refractivity (Wildman–Crippen MR) is 182 cm³/mol. The highest BCUT2D eigenvalue weighted by Gasteiger charge is 2.31. The van der Waals surface area contributed by atoms with Gasteiger partial charge < -0.3 is 50.3 Å². The number of anilines is 1. The van der Waals surface area contributed by atoms with Gasteiger partial charge in [0.15, 0.2) is 0 Å². The third kappa shape index (κ3) is 11.7. The van der Waals surface area contributed by atoms with Crippen LogP contribution in [0.1, 0.15) is 30.4 Å². The fraction of sp³-hybridized carbons (Fsp3) is 0.455. The number of aromatic nitrogens is 1. The molecule has 262 valence electrons. The van der Waals surface area contributed by atoms with Crippen LogP contribution in [0.15, 0.2) is 60.8 Å². The van der Waals surface area contributed by atoms with E-state index >= 15 is 0 Å². The van der Waals surface area contributed by atoms with E-state index in [2.05, 4.69) is 20.9 Å². The van der Waals surface area contributed by atoms with Gasteiger partial charge in [-0.05, 0) is 49.4 Å². The number of rotatable bonds is 18. The Morgan fingerprint density at radius 1 is 0.896 bits per heavy atom. The Labute approximate surface area is 284 Å². The SMILES string of the molecule is C[N+](CCN)(CCN)CCC[C@H](NC(=O)[C@@H](N)C[S-])C(=O)N[C@@H](CCc1cccc(C(F)(F)F)c1)C(=O)Nc1cnc2ccccc2c1. The number of nitrogens with one attached hydrogen (secondary N) is 3. The maximum atomic E-state index is 13.8. The highest BCUT2D eigenvalue weighted by Crippen LogP contribution is 2.30. The summed E-state index contributed by atoms with van der Waals surface area (Å²) in [5, 5.41) is 8.93. The van der Waals surface area contributed by atoms with Crippen molar-refractivity contribution in [3.8, 4) is 0 Å². The number of fused-ring (bicyclic) bond motifs is 1. The number of pyridine rings is 1. The molecule has 1 aromatic heterocycles. The zero-order valence-corrected chi connectivity index (χ0v) is 27.8. The monoisotopic (exact) mass is 690 g/mol. The number of amides is 3. The van der Waals surface area contributed by atoms with Gasteiger partial charge in [-0.2, -0.15) is 18.9 Å². The average Bonchev–Trinajstić information content (AvgIpc) is 3.05. The van der Waals surface area contributed by atoms with Crippen LogP contribution in [0.3, 0.4) is 0 Å². The molecule has 9 N–H and O–H groups in total. The van der Waals surface area contributed by atoms with E-state index in [0.29, 0.717) is 60.4 Å². The van der Waals surface area contributed by atoms with E-state index in [-0.39, 0.29) is 25.0 Å². The van der Waals surface area contributed by atoms with Crippen molar-refractivity contribution in [2.24, 2.45) is 17.2 Å². The molecule has 3 rings (SSSR count). The first-order chi connectivity index (χ1) is 22.8. The fourth-order valence-electron chi connectivity index (χ4n) is 5.38. The second-order valence-corrected chi connectivity index (χ2v) is 12.4. The second-order valence-electron chi connectivity index (χ2n) is 12.0. The van der Waals surface area contributed by atoms with Crippen LogP contribution in [0.25, 0.3) is 10.9 Å². The first-order valence-electron chi connectivity index (χ1n) is 15.8. The van der Waals surface area contributed by atoms with Crippen LogP contribution in [0, 0.1) is 0 Å². The molecule has 3 aromatic rings. The van der Waals surface area contributed by atoms with Gasteiger partial charge in [0.1, 0.15) is 12.1 Å². The molecule has 3 amide bonds. The molecule has 3 atom stereocenters. The van der Waals surface area contributed by atoms with Crippen LogP contribution >= 0.6 is 0 Å². The van der Waals surface area contributed by atoms with E-state index in [9.17, 15) is 27.6 Å². The van der Waals surface area contributed by atoms with Crippen molar-refractivity contribution in [2.75, 3.05) is 50.8 Å². The lowest BCUT2D eigenvalue weighted by molar-refractivity contribution is -0.907. The average molecular weight is 691 g/mol. The minimum Gasteiger partial charge on any atom is -0.791 e. The lowest BCUT2D eigenvalue weighted by Gasteiger charge is -2.34. The van der Waals surface area contributed by atoms with E-state index < -0.39 is 47.6 Å². The maximum absolute atomic E-state index is 13.8. The lowest BCUT2D eigenvalue weighted by atomic mass is 10.0. The highest BCUT2D eigenvalue weighted by molar-refractivity contribution is 7.58. The molecule has 0 aliphatic heterocycles. The van der Waals surface area contributed by atoms with Crippen molar-refractivity contribution >= 4 is 46.9 Å². The number of likely N-dealkylation sites (N-methyl/N-ethyl adjacent to an activating group) is 1. The number of hydrogen-bond acceptors (Lipinski definition) is 8. The molecule has 0 aliphatic rings. The first-order valence-corrected chi connectivity index (χ1v) is 16.4. The molecule has 0 spiro atoms. The number of para-hydroxylation sites is 1. The highest BCUT2D eigenvalue weighted by atomic mass is 32.1. The second kappa shape index (κ2) is 18.1. The summed E-state index contributed by atoms with van der Waals surface area (Å²) in [5.74, 6) is -1.93. The third-order valence-corrected chi connectivity index (χ3v) is 8.50. The zero-order chi connectivity index (χ0) is 35.3. The van der Waals surface area contributed by atoms with Gasteiger partial charge in [-0.15, -0.1) is 0 Å². The molecule has 0 saturated heterocycles. The lowest BCUT2D eigenvalue weighted by Crippen LogP contribution is -2.56. The quantitative estimate of drug-likeness (QED) is 0.0865. The number of halogens is 3. The van der Waals surface area contributed by atoms with Crippen molar-refractivity contribution in [3.05, 3.63) is 71.9 Å². The summed E-state index contributed by atoms with van der Waals surface area (Å²) in [6, 6.07) is 10.6. The molecule has 48 heavy (non-hydrogen) atoms. The van der Waals surface area contributed by atoms with Crippen LogP contribution in [-0.2, 0) is 39.6 Å².